The van der Waals surface area contributed by atoms with Gasteiger partial charge in [0.15, 0.2) is 6.29 Å². The van der Waals surface area contributed by atoms with E-state index in [4.69, 9.17) is 4.74 Å². The molecule has 1 aliphatic rings. The molecule has 2 nitrogen and oxygen atoms in total. The third kappa shape index (κ3) is 1.26. The Morgan fingerprint density at radius 1 is 1.64 bits per heavy atom. The number of aldehydes is 1. The van der Waals surface area contributed by atoms with Crippen LogP contribution in [0.25, 0.3) is 0 Å². The first kappa shape index (κ1) is 6.44. The topological polar surface area (TPSA) is 26.3 Å². The van der Waals surface area contributed by atoms with Gasteiger partial charge in [-0.2, -0.15) is 0 Å². The average Bonchev–Trinajstić information content (AvgIpc) is 2.68. The van der Waals surface area contributed by atoms with Crippen LogP contribution in [-0.2, 0) is 0 Å². The van der Waals surface area contributed by atoms with Crippen molar-refractivity contribution >= 4 is 17.6 Å². The predicted molar refractivity (Wildman–Crippen MR) is 41.9 cm³/mol. The molecule has 2 rings (SSSR count). The monoisotopic (exact) mass is 164 g/mol. The Balaban J connectivity index is 2.14. The van der Waals surface area contributed by atoms with Crippen LogP contribution in [0.2, 0.25) is 0 Å². The molecule has 11 heavy (non-hydrogen) atoms. The number of ether oxygens (including phenoxy) is 1. The van der Waals surface area contributed by atoms with E-state index < -0.39 is 0 Å². The van der Waals surface area contributed by atoms with E-state index in [0.29, 0.717) is 10.6 Å². The summed E-state index contributed by atoms with van der Waals surface area (Å²) >= 11 is 1.37. The van der Waals surface area contributed by atoms with E-state index in [1.807, 2.05) is 5.38 Å². The van der Waals surface area contributed by atoms with E-state index in [9.17, 15) is 4.79 Å². The van der Waals surface area contributed by atoms with Crippen molar-refractivity contribution in [3.8, 4) is 17.6 Å². The van der Waals surface area contributed by atoms with Gasteiger partial charge in [-0.15, -0.1) is 11.3 Å². The Kier molecular flexibility index (Phi) is 1.41. The van der Waals surface area contributed by atoms with Crippen molar-refractivity contribution in [3.63, 3.8) is 0 Å². The van der Waals surface area contributed by atoms with Crippen molar-refractivity contribution in [2.75, 3.05) is 0 Å². The molecule has 0 saturated carbocycles. The highest BCUT2D eigenvalue weighted by atomic mass is 32.1. The van der Waals surface area contributed by atoms with E-state index >= 15 is 0 Å². The SMILES string of the molecule is O=Cc1sccc1OC1C#C1. The Morgan fingerprint density at radius 3 is 3.09 bits per heavy atom. The van der Waals surface area contributed by atoms with Gasteiger partial charge >= 0.3 is 0 Å². The van der Waals surface area contributed by atoms with E-state index in [-0.39, 0.29) is 6.10 Å². The van der Waals surface area contributed by atoms with Gasteiger partial charge in [0.25, 0.3) is 0 Å². The first-order valence-electron chi connectivity index (χ1n) is 3.10. The maximum absolute atomic E-state index is 10.4. The molecule has 0 spiro atoms. The molecule has 3 heteroatoms. The van der Waals surface area contributed by atoms with Gasteiger partial charge in [0.1, 0.15) is 10.6 Å². The molecule has 0 saturated heterocycles. The minimum atomic E-state index is -0.122. The lowest BCUT2D eigenvalue weighted by molar-refractivity contribution is 0.112. The number of rotatable bonds is 3. The van der Waals surface area contributed by atoms with Crippen LogP contribution in [0.1, 0.15) is 9.67 Å². The summed E-state index contributed by atoms with van der Waals surface area (Å²) in [6, 6.07) is 1.77. The van der Waals surface area contributed by atoms with Crippen LogP contribution < -0.4 is 4.74 Å². The molecule has 1 heterocycles. The first-order valence-corrected chi connectivity index (χ1v) is 3.98. The second-order valence-corrected chi connectivity index (χ2v) is 3.00. The number of hydrogen-bond acceptors (Lipinski definition) is 3. The lowest BCUT2D eigenvalue weighted by atomic mass is 10.4. The number of thiophene rings is 1. The van der Waals surface area contributed by atoms with Gasteiger partial charge in [-0.05, 0) is 23.3 Å². The van der Waals surface area contributed by atoms with Gasteiger partial charge in [0.2, 0.25) is 6.10 Å². The maximum atomic E-state index is 10.4. The third-order valence-corrected chi connectivity index (χ3v) is 2.09. The van der Waals surface area contributed by atoms with Crippen LogP contribution in [-0.4, -0.2) is 12.4 Å². The first-order chi connectivity index (χ1) is 5.40. The van der Waals surface area contributed by atoms with Gasteiger partial charge in [-0.1, -0.05) is 0 Å². The van der Waals surface area contributed by atoms with Gasteiger partial charge in [-0.25, -0.2) is 0 Å². The number of hydrogen-bond donors (Lipinski definition) is 0. The van der Waals surface area contributed by atoms with Crippen LogP contribution in [0.3, 0.4) is 0 Å². The number of carbonyl (C=O) groups excluding carboxylic acids is 1. The lowest BCUT2D eigenvalue weighted by Crippen LogP contribution is -2.00. The maximum Gasteiger partial charge on any atom is 0.220 e. The molecule has 0 bridgehead atoms. The number of carbonyl (C=O) groups is 1. The van der Waals surface area contributed by atoms with E-state index in [2.05, 4.69) is 11.8 Å². The van der Waals surface area contributed by atoms with Gasteiger partial charge in [0.05, 0.1) is 0 Å². The predicted octanol–water partition coefficient (Wildman–Crippen LogP) is 1.33. The van der Waals surface area contributed by atoms with Crippen molar-refractivity contribution in [1.82, 2.24) is 0 Å². The highest BCUT2D eigenvalue weighted by Gasteiger charge is 2.14. The molecule has 0 aliphatic heterocycles. The summed E-state index contributed by atoms with van der Waals surface area (Å²) in [5.41, 5.74) is 0. The fraction of sp³-hybridized carbons (Fsp3) is 0.125. The smallest absolute Gasteiger partial charge is 0.220 e. The normalized spacial score (nSPS) is 13.5. The molecule has 0 atom stereocenters. The average molecular weight is 164 g/mol. The molecule has 0 unspecified atom stereocenters. The zero-order valence-corrected chi connectivity index (χ0v) is 6.35. The van der Waals surface area contributed by atoms with Gasteiger partial charge < -0.3 is 4.74 Å². The summed E-state index contributed by atoms with van der Waals surface area (Å²) in [7, 11) is 0. The summed E-state index contributed by atoms with van der Waals surface area (Å²) in [5.74, 6) is 6.11. The molecule has 1 aliphatic carbocycles. The summed E-state index contributed by atoms with van der Waals surface area (Å²) in [6.07, 6.45) is 0.672. The van der Waals surface area contributed by atoms with Crippen molar-refractivity contribution < 1.29 is 9.53 Å². The summed E-state index contributed by atoms with van der Waals surface area (Å²) < 4.78 is 5.24. The van der Waals surface area contributed by atoms with Crippen molar-refractivity contribution in [3.05, 3.63) is 16.3 Å². The second-order valence-electron chi connectivity index (χ2n) is 2.05. The van der Waals surface area contributed by atoms with Crippen LogP contribution >= 0.6 is 11.3 Å². The molecule has 0 amide bonds. The minimum absolute atomic E-state index is 0.122. The third-order valence-electron chi connectivity index (χ3n) is 1.27. The highest BCUT2D eigenvalue weighted by Crippen LogP contribution is 2.24. The van der Waals surface area contributed by atoms with E-state index in [1.165, 1.54) is 11.3 Å². The largest absolute Gasteiger partial charge is 0.464 e. The molecule has 1 aromatic heterocycles. The van der Waals surface area contributed by atoms with Crippen LogP contribution in [0, 0.1) is 11.8 Å². The molecular weight excluding hydrogens is 160 g/mol. The molecule has 0 radical (unpaired) electrons. The standard InChI is InChI=1S/C8H4O2S/c9-5-8-7(3-4-11-8)10-6-1-2-6/h3-6H. The minimum Gasteiger partial charge on any atom is -0.464 e. The molecule has 0 fully saturated rings. The Labute approximate surface area is 67.8 Å². The van der Waals surface area contributed by atoms with Crippen LogP contribution in [0.5, 0.6) is 5.75 Å². The summed E-state index contributed by atoms with van der Waals surface area (Å²) in [6.45, 7) is 0. The Morgan fingerprint density at radius 2 is 2.45 bits per heavy atom. The quantitative estimate of drug-likeness (QED) is 0.497. The summed E-state index contributed by atoms with van der Waals surface area (Å²) in [4.78, 5) is 11.0. The van der Waals surface area contributed by atoms with Gasteiger partial charge in [-0.3, -0.25) is 4.79 Å². The Bertz CT molecular complexity index is 334. The zero-order valence-electron chi connectivity index (χ0n) is 5.53. The molecule has 54 valence electrons. The van der Waals surface area contributed by atoms with Crippen molar-refractivity contribution in [1.29, 1.82) is 0 Å². The molecule has 0 aromatic carbocycles. The lowest BCUT2D eigenvalue weighted by Gasteiger charge is -1.99. The fourth-order valence-electron chi connectivity index (χ4n) is 0.712. The van der Waals surface area contributed by atoms with Crippen LogP contribution in [0.15, 0.2) is 11.4 Å². The highest BCUT2D eigenvalue weighted by molar-refractivity contribution is 7.12. The molecule has 1 aromatic rings. The zero-order chi connectivity index (χ0) is 7.68. The van der Waals surface area contributed by atoms with Crippen molar-refractivity contribution in [2.24, 2.45) is 0 Å². The Hall–Kier alpha value is -1.27. The van der Waals surface area contributed by atoms with Crippen molar-refractivity contribution in [2.45, 2.75) is 6.10 Å². The van der Waals surface area contributed by atoms with Crippen LogP contribution in [0.4, 0.5) is 0 Å². The molecular formula is C8H4O2S. The summed E-state index contributed by atoms with van der Waals surface area (Å²) in [5, 5.41) is 1.82. The van der Waals surface area contributed by atoms with Gasteiger partial charge in [0, 0.05) is 0 Å². The second kappa shape index (κ2) is 2.40. The van der Waals surface area contributed by atoms with E-state index in [0.717, 1.165) is 6.29 Å². The molecule has 0 N–H and O–H groups in total. The van der Waals surface area contributed by atoms with E-state index in [1.54, 1.807) is 6.07 Å². The fourth-order valence-corrected chi connectivity index (χ4v) is 1.34.